The average Bonchev–Trinajstić information content (AvgIpc) is 3.31. The molecule has 5 atom stereocenters. The van der Waals surface area contributed by atoms with Crippen LogP contribution in [0, 0.1) is 22.7 Å². The number of aldehydes is 1. The number of esters is 1. The smallest absolute Gasteiger partial charge is 0.302 e. The van der Waals surface area contributed by atoms with Crippen LogP contribution in [0.2, 0.25) is 0 Å². The van der Waals surface area contributed by atoms with E-state index in [1.165, 1.54) is 18.1 Å². The maximum absolute atomic E-state index is 12.1. The molecule has 5 rings (SSSR count). The SMILES string of the molecule is CC(=O)O[C@H]1CC[C@@]2(C)C(=CCC[C@@H]3C4=CC(C=O)=C(n5ccnc5)[C@@]4(C)CC[C@@H]32)C1. The van der Waals surface area contributed by atoms with Crippen molar-refractivity contribution >= 4 is 18.0 Å². The summed E-state index contributed by atoms with van der Waals surface area (Å²) >= 11 is 0. The van der Waals surface area contributed by atoms with Crippen LogP contribution < -0.4 is 0 Å². The largest absolute Gasteiger partial charge is 0.462 e. The molecule has 31 heavy (non-hydrogen) atoms. The molecule has 1 aromatic heterocycles. The predicted molar refractivity (Wildman–Crippen MR) is 119 cm³/mol. The fraction of sp³-hybridized carbons (Fsp3) is 0.577. The number of rotatable bonds is 3. The number of hydrogen-bond acceptors (Lipinski definition) is 4. The summed E-state index contributed by atoms with van der Waals surface area (Å²) in [5, 5.41) is 0. The van der Waals surface area contributed by atoms with Gasteiger partial charge >= 0.3 is 5.97 Å². The first-order valence-corrected chi connectivity index (χ1v) is 11.6. The fourth-order valence-corrected chi connectivity index (χ4v) is 7.24. The Balaban J connectivity index is 1.48. The summed E-state index contributed by atoms with van der Waals surface area (Å²) in [6.45, 7) is 6.27. The number of allylic oxidation sites excluding steroid dienone is 5. The van der Waals surface area contributed by atoms with Gasteiger partial charge in [-0.2, -0.15) is 0 Å². The second-order valence-electron chi connectivity index (χ2n) is 10.3. The third-order valence-electron chi connectivity index (χ3n) is 8.66. The number of ether oxygens (including phenoxy) is 1. The highest BCUT2D eigenvalue weighted by Crippen LogP contribution is 2.64. The molecule has 0 unspecified atom stereocenters. The molecule has 0 aromatic carbocycles. The zero-order chi connectivity index (χ0) is 21.8. The quantitative estimate of drug-likeness (QED) is 0.387. The standard InChI is InChI=1S/C26H32N2O3/c1-17(30)31-20-7-9-25(2)19(14-20)5-4-6-21-22(25)8-10-26(3)23(21)13-18(15-29)24(26)28-12-11-27-16-28/h5,11-13,15-16,20-22H,4,6-10,14H2,1-3H3/t20-,21-,22-,25-,26-/m0/s1. The lowest BCUT2D eigenvalue weighted by Crippen LogP contribution is -2.45. The van der Waals surface area contributed by atoms with Gasteiger partial charge in [0.05, 0.1) is 6.33 Å². The van der Waals surface area contributed by atoms with Crippen LogP contribution in [0.1, 0.15) is 65.7 Å². The summed E-state index contributed by atoms with van der Waals surface area (Å²) in [7, 11) is 0. The minimum Gasteiger partial charge on any atom is -0.462 e. The summed E-state index contributed by atoms with van der Waals surface area (Å²) in [5.74, 6) is 0.859. The lowest BCUT2D eigenvalue weighted by Gasteiger charge is -2.52. The van der Waals surface area contributed by atoms with Gasteiger partial charge in [-0.25, -0.2) is 4.98 Å². The Labute approximate surface area is 184 Å². The number of fused-ring (bicyclic) bond motifs is 5. The van der Waals surface area contributed by atoms with Crippen molar-refractivity contribution in [2.75, 3.05) is 0 Å². The first-order valence-electron chi connectivity index (χ1n) is 11.6. The van der Waals surface area contributed by atoms with Gasteiger partial charge in [0, 0.05) is 42.4 Å². The molecule has 2 saturated carbocycles. The minimum absolute atomic E-state index is 0.0177. The van der Waals surface area contributed by atoms with Crippen LogP contribution in [-0.2, 0) is 14.3 Å². The number of hydrogen-bond donors (Lipinski definition) is 0. The van der Waals surface area contributed by atoms with Crippen LogP contribution in [0.4, 0.5) is 0 Å². The summed E-state index contributed by atoms with van der Waals surface area (Å²) < 4.78 is 7.63. The average molecular weight is 421 g/mol. The molecule has 0 aliphatic heterocycles. The lowest BCUT2D eigenvalue weighted by molar-refractivity contribution is -0.148. The zero-order valence-corrected chi connectivity index (χ0v) is 18.8. The van der Waals surface area contributed by atoms with Crippen LogP contribution in [0.5, 0.6) is 0 Å². The van der Waals surface area contributed by atoms with Crippen LogP contribution in [0.15, 0.2) is 47.6 Å². The molecular formula is C26H32N2O3. The normalized spacial score (nSPS) is 37.1. The molecule has 4 aliphatic rings. The molecule has 0 bridgehead atoms. The Bertz CT molecular complexity index is 1000. The maximum Gasteiger partial charge on any atom is 0.302 e. The highest BCUT2D eigenvalue weighted by molar-refractivity contribution is 5.92. The van der Waals surface area contributed by atoms with Gasteiger partial charge in [-0.05, 0) is 61.9 Å². The van der Waals surface area contributed by atoms with E-state index in [1.807, 2.05) is 17.1 Å². The topological polar surface area (TPSA) is 61.2 Å². The highest BCUT2D eigenvalue weighted by Gasteiger charge is 2.54. The van der Waals surface area contributed by atoms with E-state index in [1.54, 1.807) is 6.20 Å². The third kappa shape index (κ3) is 3.07. The maximum atomic E-state index is 12.1. The van der Waals surface area contributed by atoms with Crippen LogP contribution in [-0.4, -0.2) is 27.9 Å². The molecule has 0 spiro atoms. The van der Waals surface area contributed by atoms with Crippen molar-refractivity contribution in [3.05, 3.63) is 47.6 Å². The number of nitrogens with zero attached hydrogens (tertiary/aromatic N) is 2. The van der Waals surface area contributed by atoms with E-state index in [9.17, 15) is 9.59 Å². The molecule has 0 N–H and O–H groups in total. The molecule has 5 heteroatoms. The van der Waals surface area contributed by atoms with E-state index in [0.29, 0.717) is 11.8 Å². The Morgan fingerprint density at radius 1 is 1.26 bits per heavy atom. The highest BCUT2D eigenvalue weighted by atomic mass is 16.5. The van der Waals surface area contributed by atoms with E-state index < -0.39 is 0 Å². The fourth-order valence-electron chi connectivity index (χ4n) is 7.24. The van der Waals surface area contributed by atoms with Crippen molar-refractivity contribution in [1.29, 1.82) is 0 Å². The minimum atomic E-state index is -0.176. The molecule has 1 aromatic rings. The van der Waals surface area contributed by atoms with E-state index in [2.05, 4.69) is 31.0 Å². The van der Waals surface area contributed by atoms with Crippen molar-refractivity contribution in [3.8, 4) is 0 Å². The monoisotopic (exact) mass is 420 g/mol. The molecule has 0 saturated heterocycles. The molecule has 164 valence electrons. The summed E-state index contributed by atoms with van der Waals surface area (Å²) in [4.78, 5) is 27.8. The molecule has 0 amide bonds. The van der Waals surface area contributed by atoms with Gasteiger partial charge in [-0.1, -0.05) is 31.1 Å². The van der Waals surface area contributed by atoms with E-state index >= 15 is 0 Å². The summed E-state index contributed by atoms with van der Waals surface area (Å²) in [6, 6.07) is 0. The van der Waals surface area contributed by atoms with E-state index in [-0.39, 0.29) is 22.9 Å². The molecule has 1 heterocycles. The van der Waals surface area contributed by atoms with Crippen molar-refractivity contribution in [2.45, 2.75) is 71.8 Å². The van der Waals surface area contributed by atoms with Gasteiger partial charge in [-0.15, -0.1) is 0 Å². The van der Waals surface area contributed by atoms with Crippen molar-refractivity contribution in [3.63, 3.8) is 0 Å². The van der Waals surface area contributed by atoms with Crippen molar-refractivity contribution in [1.82, 2.24) is 9.55 Å². The van der Waals surface area contributed by atoms with Crippen LogP contribution in [0.25, 0.3) is 5.70 Å². The number of carbonyl (C=O) groups is 2. The number of aromatic nitrogens is 2. The van der Waals surface area contributed by atoms with Gasteiger partial charge < -0.3 is 9.30 Å². The molecular weight excluding hydrogens is 388 g/mol. The van der Waals surface area contributed by atoms with Gasteiger partial charge in [0.1, 0.15) is 6.10 Å². The van der Waals surface area contributed by atoms with Crippen LogP contribution >= 0.6 is 0 Å². The Kier molecular flexibility index (Phi) is 4.83. The molecule has 2 fully saturated rings. The van der Waals surface area contributed by atoms with Gasteiger partial charge in [-0.3, -0.25) is 9.59 Å². The first kappa shape index (κ1) is 20.5. The second-order valence-corrected chi connectivity index (χ2v) is 10.3. The third-order valence-corrected chi connectivity index (χ3v) is 8.66. The Morgan fingerprint density at radius 3 is 2.81 bits per heavy atom. The molecule has 4 aliphatic carbocycles. The predicted octanol–water partition coefficient (Wildman–Crippen LogP) is 5.11. The zero-order valence-electron chi connectivity index (χ0n) is 18.8. The van der Waals surface area contributed by atoms with Crippen molar-refractivity contribution < 1.29 is 14.3 Å². The van der Waals surface area contributed by atoms with Gasteiger partial charge in [0.2, 0.25) is 0 Å². The molecule has 5 nitrogen and oxygen atoms in total. The van der Waals surface area contributed by atoms with Gasteiger partial charge in [0.25, 0.3) is 0 Å². The first-order chi connectivity index (χ1) is 14.9. The van der Waals surface area contributed by atoms with E-state index in [0.717, 1.165) is 62.5 Å². The van der Waals surface area contributed by atoms with Gasteiger partial charge in [0.15, 0.2) is 6.29 Å². The van der Waals surface area contributed by atoms with E-state index in [4.69, 9.17) is 4.74 Å². The Morgan fingerprint density at radius 2 is 2.10 bits per heavy atom. The molecule has 0 radical (unpaired) electrons. The summed E-state index contributed by atoms with van der Waals surface area (Å²) in [5.41, 5.74) is 4.84. The second kappa shape index (κ2) is 7.32. The van der Waals surface area contributed by atoms with Crippen molar-refractivity contribution in [2.24, 2.45) is 22.7 Å². The Hall–Kier alpha value is -2.43. The number of carbonyl (C=O) groups excluding carboxylic acids is 2. The van der Waals surface area contributed by atoms with Crippen LogP contribution in [0.3, 0.4) is 0 Å². The summed E-state index contributed by atoms with van der Waals surface area (Å²) in [6.07, 6.45) is 18.4. The lowest BCUT2D eigenvalue weighted by atomic mass is 9.52. The number of imidazole rings is 1.